The Bertz CT molecular complexity index is 560. The number of pyridine rings is 1. The number of hydrogen-bond donors (Lipinski definition) is 0. The maximum atomic E-state index is 13.6. The van der Waals surface area contributed by atoms with Gasteiger partial charge < -0.3 is 4.74 Å². The molecule has 0 aliphatic heterocycles. The minimum absolute atomic E-state index is 0.153. The first-order chi connectivity index (χ1) is 8.58. The molecule has 0 amide bonds. The van der Waals surface area contributed by atoms with Gasteiger partial charge in [-0.2, -0.15) is 4.39 Å². The molecule has 2 aromatic rings. The van der Waals surface area contributed by atoms with Gasteiger partial charge in [0.2, 0.25) is 5.95 Å². The van der Waals surface area contributed by atoms with E-state index in [0.717, 1.165) is 18.3 Å². The minimum Gasteiger partial charge on any atom is -0.487 e. The first-order valence-electron chi connectivity index (χ1n) is 4.94. The Morgan fingerprint density at radius 2 is 1.89 bits per heavy atom. The van der Waals surface area contributed by atoms with Crippen LogP contribution in [-0.4, -0.2) is 4.98 Å². The van der Waals surface area contributed by atoms with Crippen molar-refractivity contribution in [3.63, 3.8) is 0 Å². The number of aromatic nitrogens is 1. The minimum atomic E-state index is -0.718. The molecule has 6 heteroatoms. The highest BCUT2D eigenvalue weighted by Crippen LogP contribution is 2.23. The summed E-state index contributed by atoms with van der Waals surface area (Å²) in [6.07, 6.45) is 1.14. The van der Waals surface area contributed by atoms with Crippen molar-refractivity contribution in [3.8, 4) is 5.75 Å². The van der Waals surface area contributed by atoms with Crippen LogP contribution in [0, 0.1) is 17.6 Å². The normalized spacial score (nSPS) is 10.4. The Labute approximate surface area is 110 Å². The average molecular weight is 318 g/mol. The van der Waals surface area contributed by atoms with Crippen LogP contribution in [0.1, 0.15) is 5.56 Å². The molecule has 2 nitrogen and oxygen atoms in total. The average Bonchev–Trinajstić information content (AvgIpc) is 2.36. The van der Waals surface area contributed by atoms with Crippen LogP contribution in [0.2, 0.25) is 0 Å². The van der Waals surface area contributed by atoms with Gasteiger partial charge in [-0.25, -0.2) is 13.8 Å². The maximum absolute atomic E-state index is 13.6. The van der Waals surface area contributed by atoms with Gasteiger partial charge >= 0.3 is 0 Å². The van der Waals surface area contributed by atoms with Crippen molar-refractivity contribution in [3.05, 3.63) is 58.1 Å². The topological polar surface area (TPSA) is 22.1 Å². The Hall–Kier alpha value is -1.56. The van der Waals surface area contributed by atoms with Crippen molar-refractivity contribution >= 4 is 15.9 Å². The van der Waals surface area contributed by atoms with E-state index in [4.69, 9.17) is 4.74 Å². The van der Waals surface area contributed by atoms with Crippen LogP contribution in [0.5, 0.6) is 5.75 Å². The van der Waals surface area contributed by atoms with Gasteiger partial charge in [-0.05, 0) is 40.2 Å². The SMILES string of the molecule is Fc1ccc(OCc2c(F)ccc(Br)c2F)cn1. The molecule has 2 rings (SSSR count). The van der Waals surface area contributed by atoms with E-state index < -0.39 is 17.6 Å². The number of benzene rings is 1. The lowest BCUT2D eigenvalue weighted by molar-refractivity contribution is 0.290. The van der Waals surface area contributed by atoms with Crippen LogP contribution in [0.25, 0.3) is 0 Å². The largest absolute Gasteiger partial charge is 0.487 e. The molecule has 0 fully saturated rings. The van der Waals surface area contributed by atoms with E-state index in [1.165, 1.54) is 12.1 Å². The van der Waals surface area contributed by atoms with Gasteiger partial charge in [0.05, 0.1) is 16.2 Å². The lowest BCUT2D eigenvalue weighted by Gasteiger charge is -2.08. The molecule has 0 saturated carbocycles. The van der Waals surface area contributed by atoms with Crippen LogP contribution in [0.15, 0.2) is 34.9 Å². The molecule has 1 aromatic carbocycles. The Balaban J connectivity index is 2.15. The molecular formula is C12H7BrF3NO. The zero-order valence-electron chi connectivity index (χ0n) is 8.96. The van der Waals surface area contributed by atoms with E-state index in [-0.39, 0.29) is 22.4 Å². The molecule has 94 valence electrons. The summed E-state index contributed by atoms with van der Waals surface area (Å²) in [5, 5.41) is 0. The molecule has 0 saturated heterocycles. The summed E-state index contributed by atoms with van der Waals surface area (Å²) < 4.78 is 44.8. The molecule has 0 radical (unpaired) electrons. The predicted molar refractivity (Wildman–Crippen MR) is 62.6 cm³/mol. The molecule has 1 aromatic heterocycles. The number of nitrogens with zero attached hydrogens (tertiary/aromatic N) is 1. The van der Waals surface area contributed by atoms with Gasteiger partial charge in [0, 0.05) is 0 Å². The van der Waals surface area contributed by atoms with Gasteiger partial charge in [-0.3, -0.25) is 0 Å². The summed E-state index contributed by atoms with van der Waals surface area (Å²) >= 11 is 2.96. The van der Waals surface area contributed by atoms with Crippen molar-refractivity contribution in [2.75, 3.05) is 0 Å². The first-order valence-corrected chi connectivity index (χ1v) is 5.74. The molecule has 0 spiro atoms. The van der Waals surface area contributed by atoms with Gasteiger partial charge in [-0.15, -0.1) is 0 Å². The van der Waals surface area contributed by atoms with Gasteiger partial charge in [0.15, 0.2) is 0 Å². The van der Waals surface area contributed by atoms with Gasteiger partial charge in [0.25, 0.3) is 0 Å². The first kappa shape index (κ1) is 12.9. The fraction of sp³-hybridized carbons (Fsp3) is 0.0833. The monoisotopic (exact) mass is 317 g/mol. The van der Waals surface area contributed by atoms with Crippen LogP contribution >= 0.6 is 15.9 Å². The molecule has 18 heavy (non-hydrogen) atoms. The molecular weight excluding hydrogens is 311 g/mol. The van der Waals surface area contributed by atoms with Gasteiger partial charge in [0.1, 0.15) is 24.0 Å². The van der Waals surface area contributed by atoms with E-state index in [0.29, 0.717) is 0 Å². The quantitative estimate of drug-likeness (QED) is 0.634. The van der Waals surface area contributed by atoms with E-state index in [1.807, 2.05) is 0 Å². The smallest absolute Gasteiger partial charge is 0.213 e. The molecule has 1 heterocycles. The molecule has 0 bridgehead atoms. The van der Waals surface area contributed by atoms with Crippen molar-refractivity contribution in [1.29, 1.82) is 0 Å². The van der Waals surface area contributed by atoms with Crippen LogP contribution < -0.4 is 4.74 Å². The second-order valence-corrected chi connectivity index (χ2v) is 4.28. The van der Waals surface area contributed by atoms with Crippen molar-refractivity contribution < 1.29 is 17.9 Å². The summed E-state index contributed by atoms with van der Waals surface area (Å²) in [6.45, 7) is -0.301. The highest BCUT2D eigenvalue weighted by atomic mass is 79.9. The number of halogens is 4. The van der Waals surface area contributed by atoms with E-state index in [1.54, 1.807) is 0 Å². The van der Waals surface area contributed by atoms with Crippen LogP contribution in [0.3, 0.4) is 0 Å². The van der Waals surface area contributed by atoms with Crippen molar-refractivity contribution in [2.24, 2.45) is 0 Å². The van der Waals surface area contributed by atoms with Crippen molar-refractivity contribution in [1.82, 2.24) is 4.98 Å². The zero-order valence-corrected chi connectivity index (χ0v) is 10.5. The summed E-state index contributed by atoms with van der Waals surface area (Å²) in [4.78, 5) is 3.37. The van der Waals surface area contributed by atoms with E-state index >= 15 is 0 Å². The summed E-state index contributed by atoms with van der Waals surface area (Å²) in [5.74, 6) is -1.84. The third-order valence-corrected chi connectivity index (χ3v) is 2.83. The molecule has 0 aliphatic carbocycles. The summed E-state index contributed by atoms with van der Waals surface area (Å²) in [5.41, 5.74) is -0.200. The highest BCUT2D eigenvalue weighted by Gasteiger charge is 2.13. The Morgan fingerprint density at radius 1 is 1.11 bits per heavy atom. The third kappa shape index (κ3) is 2.81. The highest BCUT2D eigenvalue weighted by molar-refractivity contribution is 9.10. The van der Waals surface area contributed by atoms with E-state index in [9.17, 15) is 13.2 Å². The zero-order chi connectivity index (χ0) is 13.1. The molecule has 0 unspecified atom stereocenters. The summed E-state index contributed by atoms with van der Waals surface area (Å²) in [6, 6.07) is 4.83. The van der Waals surface area contributed by atoms with E-state index in [2.05, 4.69) is 20.9 Å². The van der Waals surface area contributed by atoms with Crippen LogP contribution in [0.4, 0.5) is 13.2 Å². The number of rotatable bonds is 3. The van der Waals surface area contributed by atoms with Crippen LogP contribution in [-0.2, 0) is 6.61 Å². The van der Waals surface area contributed by atoms with Crippen molar-refractivity contribution in [2.45, 2.75) is 6.61 Å². The predicted octanol–water partition coefficient (Wildman–Crippen LogP) is 3.84. The summed E-state index contributed by atoms with van der Waals surface area (Å²) in [7, 11) is 0. The molecule has 0 aliphatic rings. The molecule has 0 atom stereocenters. The molecule has 0 N–H and O–H groups in total. The van der Waals surface area contributed by atoms with Gasteiger partial charge in [-0.1, -0.05) is 0 Å². The fourth-order valence-corrected chi connectivity index (χ4v) is 1.68. The Morgan fingerprint density at radius 3 is 2.56 bits per heavy atom. The lowest BCUT2D eigenvalue weighted by atomic mass is 10.2. The fourth-order valence-electron chi connectivity index (χ4n) is 1.30. The lowest BCUT2D eigenvalue weighted by Crippen LogP contribution is -2.03. The Kier molecular flexibility index (Phi) is 3.86. The second-order valence-electron chi connectivity index (χ2n) is 3.43. The second kappa shape index (κ2) is 5.39. The number of ether oxygens (including phenoxy) is 1. The third-order valence-electron chi connectivity index (χ3n) is 2.22. The standard InChI is InChI=1S/C12H7BrF3NO/c13-9-2-3-10(14)8(12(9)16)6-18-7-1-4-11(15)17-5-7/h1-5H,6H2. The maximum Gasteiger partial charge on any atom is 0.213 e. The number of hydrogen-bond acceptors (Lipinski definition) is 2.